The first kappa shape index (κ1) is 27.4. The number of rotatable bonds is 6. The lowest BCUT2D eigenvalue weighted by Crippen LogP contribution is -2.66. The number of thiol groups is 1. The lowest BCUT2D eigenvalue weighted by molar-refractivity contribution is -0.250. The summed E-state index contributed by atoms with van der Waals surface area (Å²) in [5, 5.41) is 0. The van der Waals surface area contributed by atoms with E-state index in [1.165, 1.54) is 76.2 Å². The Balaban J connectivity index is 1.49. The van der Waals surface area contributed by atoms with Crippen LogP contribution in [0.2, 0.25) is 0 Å². The van der Waals surface area contributed by atoms with E-state index in [0.717, 1.165) is 35.3 Å². The van der Waals surface area contributed by atoms with Crippen LogP contribution in [0.5, 0.6) is 0 Å². The molecule has 5 saturated carbocycles. The molecule has 2 heteroatoms. The van der Waals surface area contributed by atoms with E-state index in [0.29, 0.717) is 34.4 Å². The zero-order valence-corrected chi connectivity index (χ0v) is 25.4. The van der Waals surface area contributed by atoms with Crippen molar-refractivity contribution in [3.05, 3.63) is 24.8 Å². The van der Waals surface area contributed by atoms with Crippen LogP contribution in [-0.4, -0.2) is 18.5 Å². The summed E-state index contributed by atoms with van der Waals surface area (Å²) in [6.07, 6.45) is 17.5. The fraction of sp³-hybridized carbons (Fsp3) is 0.882. The van der Waals surface area contributed by atoms with Gasteiger partial charge in [-0.15, -0.1) is 6.58 Å². The van der Waals surface area contributed by atoms with Crippen LogP contribution in [0.25, 0.3) is 0 Å². The summed E-state index contributed by atoms with van der Waals surface area (Å²) in [6.45, 7) is 24.8. The molecule has 5 aliphatic rings. The first-order valence-electron chi connectivity index (χ1n) is 15.4. The molecule has 0 heterocycles. The van der Waals surface area contributed by atoms with E-state index in [2.05, 4.69) is 54.7 Å². The topological polar surface area (TPSA) is 9.23 Å². The molecular weight excluding hydrogens is 456 g/mol. The van der Waals surface area contributed by atoms with E-state index in [9.17, 15) is 0 Å². The van der Waals surface area contributed by atoms with Crippen molar-refractivity contribution in [1.29, 1.82) is 0 Å². The van der Waals surface area contributed by atoms with Gasteiger partial charge in [-0.1, -0.05) is 52.8 Å². The standard InChI is InChI=1S/C34H56OS/c1-9-21-35-28-14-15-31(6)26(30(28,4)5)13-16-33(8)27(31)11-10-25-29-24(23(2)3)12-17-34(29,20-22-36)19-18-32(25,33)7/h9,24-29,36H,1-2,10-22H2,3-8H3/t24-,25+,26-,27+,28-,29+,31-,32+,33+,34+/m0/s1. The second-order valence-corrected chi connectivity index (χ2v) is 15.9. The second-order valence-electron chi connectivity index (χ2n) is 15.5. The minimum Gasteiger partial charge on any atom is -0.374 e. The average Bonchev–Trinajstić information content (AvgIpc) is 3.19. The highest BCUT2D eigenvalue weighted by molar-refractivity contribution is 7.80. The lowest BCUT2D eigenvalue weighted by atomic mass is 9.32. The van der Waals surface area contributed by atoms with Crippen molar-refractivity contribution in [1.82, 2.24) is 0 Å². The van der Waals surface area contributed by atoms with Crippen LogP contribution in [0.1, 0.15) is 112 Å². The third kappa shape index (κ3) is 3.58. The second kappa shape index (κ2) is 9.18. The Labute approximate surface area is 229 Å². The van der Waals surface area contributed by atoms with Gasteiger partial charge in [0.1, 0.15) is 0 Å². The molecule has 10 atom stereocenters. The largest absolute Gasteiger partial charge is 0.374 e. The van der Waals surface area contributed by atoms with Gasteiger partial charge in [0.25, 0.3) is 0 Å². The molecule has 5 aliphatic carbocycles. The minimum atomic E-state index is 0.236. The van der Waals surface area contributed by atoms with Crippen LogP contribution >= 0.6 is 12.6 Å². The van der Waals surface area contributed by atoms with E-state index in [-0.39, 0.29) is 5.41 Å². The number of hydrogen-bond donors (Lipinski definition) is 1. The van der Waals surface area contributed by atoms with Gasteiger partial charge in [0.2, 0.25) is 0 Å². The third-order valence-electron chi connectivity index (χ3n) is 14.2. The minimum absolute atomic E-state index is 0.236. The molecule has 0 spiro atoms. The Kier molecular flexibility index (Phi) is 6.97. The van der Waals surface area contributed by atoms with E-state index in [4.69, 9.17) is 17.4 Å². The Hall–Kier alpha value is -0.210. The highest BCUT2D eigenvalue weighted by Gasteiger charge is 2.70. The SMILES string of the molecule is C=CCO[C@H]1CC[C@]2(C)[C@H]3CC[C@@H]4[C@H]5[C@H](C(=C)C)CC[C@]5(CCS)CC[C@@]4(C)[C@]3(C)CC[C@H]2C1(C)C. The number of hydrogen-bond acceptors (Lipinski definition) is 2. The third-order valence-corrected chi connectivity index (χ3v) is 14.4. The monoisotopic (exact) mass is 512 g/mol. The van der Waals surface area contributed by atoms with Gasteiger partial charge in [0, 0.05) is 0 Å². The van der Waals surface area contributed by atoms with E-state index < -0.39 is 0 Å². The van der Waals surface area contributed by atoms with Crippen molar-refractivity contribution in [3.8, 4) is 0 Å². The first-order valence-corrected chi connectivity index (χ1v) is 16.0. The van der Waals surface area contributed by atoms with Gasteiger partial charge in [0.15, 0.2) is 0 Å². The summed E-state index contributed by atoms with van der Waals surface area (Å²) in [5.41, 5.74) is 3.56. The summed E-state index contributed by atoms with van der Waals surface area (Å²) in [4.78, 5) is 0. The highest BCUT2D eigenvalue weighted by Crippen LogP contribution is 2.77. The summed E-state index contributed by atoms with van der Waals surface area (Å²) in [6, 6.07) is 0. The van der Waals surface area contributed by atoms with Gasteiger partial charge < -0.3 is 4.74 Å². The fourth-order valence-corrected chi connectivity index (χ4v) is 12.8. The van der Waals surface area contributed by atoms with Gasteiger partial charge in [-0.3, -0.25) is 0 Å². The molecule has 0 N–H and O–H groups in total. The highest BCUT2D eigenvalue weighted by atomic mass is 32.1. The van der Waals surface area contributed by atoms with Crippen molar-refractivity contribution in [3.63, 3.8) is 0 Å². The number of allylic oxidation sites excluding steroid dienone is 1. The van der Waals surface area contributed by atoms with E-state index in [1.54, 1.807) is 0 Å². The van der Waals surface area contributed by atoms with Crippen LogP contribution in [-0.2, 0) is 4.74 Å². The van der Waals surface area contributed by atoms with Gasteiger partial charge in [-0.25, -0.2) is 0 Å². The Morgan fingerprint density at radius 3 is 2.31 bits per heavy atom. The van der Waals surface area contributed by atoms with Crippen molar-refractivity contribution < 1.29 is 4.74 Å². The zero-order chi connectivity index (χ0) is 26.1. The summed E-state index contributed by atoms with van der Waals surface area (Å²) < 4.78 is 6.39. The van der Waals surface area contributed by atoms with Crippen LogP contribution in [0, 0.1) is 56.7 Å². The first-order chi connectivity index (χ1) is 16.9. The summed E-state index contributed by atoms with van der Waals surface area (Å²) in [7, 11) is 0. The smallest absolute Gasteiger partial charge is 0.0648 e. The molecule has 0 aromatic rings. The van der Waals surface area contributed by atoms with E-state index >= 15 is 0 Å². The average molecular weight is 513 g/mol. The Morgan fingerprint density at radius 1 is 0.889 bits per heavy atom. The van der Waals surface area contributed by atoms with Crippen LogP contribution < -0.4 is 0 Å². The quantitative estimate of drug-likeness (QED) is 0.275. The predicted octanol–water partition coefficient (Wildman–Crippen LogP) is 9.54. The molecule has 0 saturated heterocycles. The molecule has 0 unspecified atom stereocenters. The van der Waals surface area contributed by atoms with Gasteiger partial charge >= 0.3 is 0 Å². The predicted molar refractivity (Wildman–Crippen MR) is 157 cm³/mol. The van der Waals surface area contributed by atoms with Crippen LogP contribution in [0.15, 0.2) is 24.8 Å². The molecule has 0 amide bonds. The maximum atomic E-state index is 6.39. The summed E-state index contributed by atoms with van der Waals surface area (Å²) in [5.74, 6) is 5.07. The van der Waals surface area contributed by atoms with Crippen LogP contribution in [0.4, 0.5) is 0 Å². The molecular formula is C34H56OS. The van der Waals surface area contributed by atoms with Crippen LogP contribution in [0.3, 0.4) is 0 Å². The maximum Gasteiger partial charge on any atom is 0.0648 e. The van der Waals surface area contributed by atoms with Crippen molar-refractivity contribution >= 4 is 12.6 Å². The molecule has 204 valence electrons. The molecule has 0 radical (unpaired) electrons. The molecule has 5 rings (SSSR count). The fourth-order valence-electron chi connectivity index (χ4n) is 12.4. The van der Waals surface area contributed by atoms with Gasteiger partial charge in [-0.2, -0.15) is 12.6 Å². The molecule has 0 bridgehead atoms. The number of ether oxygens (including phenoxy) is 1. The zero-order valence-electron chi connectivity index (χ0n) is 24.5. The Bertz CT molecular complexity index is 876. The lowest BCUT2D eigenvalue weighted by Gasteiger charge is -2.73. The molecule has 5 fully saturated rings. The Morgan fingerprint density at radius 2 is 1.64 bits per heavy atom. The number of fused-ring (bicyclic) bond motifs is 7. The molecule has 0 aliphatic heterocycles. The van der Waals surface area contributed by atoms with Crippen molar-refractivity contribution in [2.75, 3.05) is 12.4 Å². The maximum absolute atomic E-state index is 6.39. The van der Waals surface area contributed by atoms with E-state index in [1.807, 2.05) is 6.08 Å². The van der Waals surface area contributed by atoms with Crippen molar-refractivity contribution in [2.45, 2.75) is 118 Å². The molecule has 1 nitrogen and oxygen atoms in total. The molecule has 36 heavy (non-hydrogen) atoms. The van der Waals surface area contributed by atoms with Crippen molar-refractivity contribution in [2.24, 2.45) is 56.7 Å². The molecule has 0 aromatic heterocycles. The normalized spacial score (nSPS) is 51.4. The summed E-state index contributed by atoms with van der Waals surface area (Å²) >= 11 is 4.79. The molecule has 0 aromatic carbocycles. The van der Waals surface area contributed by atoms with Gasteiger partial charge in [0.05, 0.1) is 12.7 Å². The van der Waals surface area contributed by atoms with Gasteiger partial charge in [-0.05, 0) is 140 Å².